The van der Waals surface area contributed by atoms with Crippen molar-refractivity contribution in [3.05, 3.63) is 0 Å². The van der Waals surface area contributed by atoms with Crippen LogP contribution in [0.3, 0.4) is 0 Å². The Hall–Kier alpha value is -0.0800. The summed E-state index contributed by atoms with van der Waals surface area (Å²) in [6.45, 7) is 6.23. The highest BCUT2D eigenvalue weighted by Gasteiger charge is 2.23. The molecule has 2 nitrogen and oxygen atoms in total. The van der Waals surface area contributed by atoms with Gasteiger partial charge in [0.1, 0.15) is 0 Å². The van der Waals surface area contributed by atoms with E-state index in [2.05, 4.69) is 37.9 Å². The van der Waals surface area contributed by atoms with Crippen molar-refractivity contribution in [2.24, 2.45) is 11.8 Å². The van der Waals surface area contributed by atoms with Gasteiger partial charge in [-0.1, -0.05) is 13.3 Å². The molecule has 0 aromatic heterocycles. The molecule has 2 heteroatoms. The Morgan fingerprint density at radius 2 is 1.87 bits per heavy atom. The van der Waals surface area contributed by atoms with E-state index in [1.54, 1.807) is 0 Å². The van der Waals surface area contributed by atoms with Crippen molar-refractivity contribution < 1.29 is 0 Å². The maximum atomic E-state index is 2.47. The average Bonchev–Trinajstić information content (AvgIpc) is 2.21. The molecule has 90 valence electrons. The second kappa shape index (κ2) is 6.49. The molecule has 1 atom stereocenters. The monoisotopic (exact) mass is 212 g/mol. The molecule has 15 heavy (non-hydrogen) atoms. The molecule has 0 amide bonds. The third-order valence-corrected chi connectivity index (χ3v) is 3.90. The Bertz CT molecular complexity index is 160. The Balaban J connectivity index is 2.31. The fraction of sp³-hybridized carbons (Fsp3) is 1.00. The van der Waals surface area contributed by atoms with E-state index in [4.69, 9.17) is 0 Å². The molecule has 1 saturated heterocycles. The highest BCUT2D eigenvalue weighted by Crippen LogP contribution is 2.29. The summed E-state index contributed by atoms with van der Waals surface area (Å²) in [4.78, 5) is 4.78. The summed E-state index contributed by atoms with van der Waals surface area (Å²) < 4.78 is 0. The lowest BCUT2D eigenvalue weighted by molar-refractivity contribution is 0.155. The van der Waals surface area contributed by atoms with Crippen molar-refractivity contribution in [3.8, 4) is 0 Å². The predicted molar refractivity (Wildman–Crippen MR) is 67.2 cm³/mol. The Morgan fingerprint density at radius 3 is 2.33 bits per heavy atom. The summed E-state index contributed by atoms with van der Waals surface area (Å²) >= 11 is 0. The summed E-state index contributed by atoms with van der Waals surface area (Å²) in [7, 11) is 6.61. The van der Waals surface area contributed by atoms with Crippen molar-refractivity contribution in [1.82, 2.24) is 9.80 Å². The average molecular weight is 212 g/mol. The number of piperidine rings is 1. The third kappa shape index (κ3) is 4.52. The van der Waals surface area contributed by atoms with Crippen LogP contribution in [-0.2, 0) is 0 Å². The maximum absolute atomic E-state index is 2.47. The van der Waals surface area contributed by atoms with Crippen molar-refractivity contribution in [2.45, 2.75) is 32.6 Å². The number of hydrogen-bond acceptors (Lipinski definition) is 2. The molecule has 1 rings (SSSR count). The number of hydrogen-bond donors (Lipinski definition) is 0. The standard InChI is InChI=1S/C13H28N2/c1-5-12(6-9-14(2)3)13-7-10-15(4)11-8-13/h12-13H,5-11H2,1-4H3. The summed E-state index contributed by atoms with van der Waals surface area (Å²) in [5.74, 6) is 1.95. The van der Waals surface area contributed by atoms with Gasteiger partial charge in [0, 0.05) is 0 Å². The predicted octanol–water partition coefficient (Wildman–Crippen LogP) is 2.31. The van der Waals surface area contributed by atoms with E-state index >= 15 is 0 Å². The quantitative estimate of drug-likeness (QED) is 0.690. The third-order valence-electron chi connectivity index (χ3n) is 3.90. The zero-order valence-electron chi connectivity index (χ0n) is 11.0. The molecule has 0 aromatic rings. The van der Waals surface area contributed by atoms with E-state index in [9.17, 15) is 0 Å². The molecule has 1 unspecified atom stereocenters. The van der Waals surface area contributed by atoms with Crippen LogP contribution < -0.4 is 0 Å². The zero-order chi connectivity index (χ0) is 11.3. The second-order valence-electron chi connectivity index (χ2n) is 5.40. The zero-order valence-corrected chi connectivity index (χ0v) is 11.0. The smallest absolute Gasteiger partial charge is 0.00190 e. The van der Waals surface area contributed by atoms with Gasteiger partial charge in [-0.15, -0.1) is 0 Å². The fourth-order valence-corrected chi connectivity index (χ4v) is 2.70. The molecule has 1 aliphatic heterocycles. The van der Waals surface area contributed by atoms with Crippen LogP contribution in [0.4, 0.5) is 0 Å². The first kappa shape index (κ1) is 13.0. The molecular formula is C13H28N2. The fourth-order valence-electron chi connectivity index (χ4n) is 2.70. The molecule has 1 heterocycles. The molecule has 0 bridgehead atoms. The lowest BCUT2D eigenvalue weighted by Gasteiger charge is -2.34. The van der Waals surface area contributed by atoms with Gasteiger partial charge >= 0.3 is 0 Å². The molecule has 0 spiro atoms. The van der Waals surface area contributed by atoms with Gasteiger partial charge < -0.3 is 9.80 Å². The van der Waals surface area contributed by atoms with Crippen LogP contribution in [0, 0.1) is 11.8 Å². The van der Waals surface area contributed by atoms with E-state index in [-0.39, 0.29) is 0 Å². The van der Waals surface area contributed by atoms with Crippen molar-refractivity contribution in [2.75, 3.05) is 40.8 Å². The highest BCUT2D eigenvalue weighted by atomic mass is 15.1. The number of rotatable bonds is 5. The highest BCUT2D eigenvalue weighted by molar-refractivity contribution is 4.76. The molecule has 0 radical (unpaired) electrons. The van der Waals surface area contributed by atoms with Crippen LogP contribution >= 0.6 is 0 Å². The first-order valence-corrected chi connectivity index (χ1v) is 6.46. The minimum atomic E-state index is 0.959. The molecule has 0 N–H and O–H groups in total. The molecule has 0 aliphatic carbocycles. The van der Waals surface area contributed by atoms with Gasteiger partial charge in [0.15, 0.2) is 0 Å². The Labute approximate surface area is 95.6 Å². The van der Waals surface area contributed by atoms with E-state index in [1.165, 1.54) is 45.3 Å². The topological polar surface area (TPSA) is 6.48 Å². The largest absolute Gasteiger partial charge is 0.309 e. The van der Waals surface area contributed by atoms with Crippen LogP contribution in [0.1, 0.15) is 32.6 Å². The van der Waals surface area contributed by atoms with Gasteiger partial charge in [0.25, 0.3) is 0 Å². The van der Waals surface area contributed by atoms with Crippen LogP contribution in [0.5, 0.6) is 0 Å². The lowest BCUT2D eigenvalue weighted by Crippen LogP contribution is -2.34. The molecule has 1 aliphatic rings. The number of nitrogens with zero attached hydrogens (tertiary/aromatic N) is 2. The number of likely N-dealkylation sites (tertiary alicyclic amines) is 1. The van der Waals surface area contributed by atoms with Crippen LogP contribution in [-0.4, -0.2) is 50.6 Å². The van der Waals surface area contributed by atoms with Crippen LogP contribution in [0.25, 0.3) is 0 Å². The lowest BCUT2D eigenvalue weighted by atomic mass is 9.81. The first-order chi connectivity index (χ1) is 7.13. The molecule has 0 aromatic carbocycles. The minimum absolute atomic E-state index is 0.959. The van der Waals surface area contributed by atoms with Gasteiger partial charge in [-0.25, -0.2) is 0 Å². The maximum Gasteiger partial charge on any atom is -0.00190 e. The normalized spacial score (nSPS) is 22.2. The molecule has 0 saturated carbocycles. The molecule has 1 fully saturated rings. The summed E-state index contributed by atoms with van der Waals surface area (Å²) in [5, 5.41) is 0. The van der Waals surface area contributed by atoms with Crippen molar-refractivity contribution in [3.63, 3.8) is 0 Å². The van der Waals surface area contributed by atoms with Gasteiger partial charge in [0.05, 0.1) is 0 Å². The first-order valence-electron chi connectivity index (χ1n) is 6.46. The SMILES string of the molecule is CCC(CCN(C)C)C1CCN(C)CC1. The Kier molecular flexibility index (Phi) is 5.62. The van der Waals surface area contributed by atoms with E-state index < -0.39 is 0 Å². The van der Waals surface area contributed by atoms with Crippen molar-refractivity contribution in [1.29, 1.82) is 0 Å². The molecular weight excluding hydrogens is 184 g/mol. The van der Waals surface area contributed by atoms with Gasteiger partial charge in [-0.05, 0) is 71.9 Å². The van der Waals surface area contributed by atoms with Crippen LogP contribution in [0.2, 0.25) is 0 Å². The van der Waals surface area contributed by atoms with Gasteiger partial charge in [-0.2, -0.15) is 0 Å². The summed E-state index contributed by atoms with van der Waals surface area (Å²) in [6.07, 6.45) is 5.59. The summed E-state index contributed by atoms with van der Waals surface area (Å²) in [6, 6.07) is 0. The van der Waals surface area contributed by atoms with Crippen molar-refractivity contribution >= 4 is 0 Å². The van der Waals surface area contributed by atoms with Crippen LogP contribution in [0.15, 0.2) is 0 Å². The van der Waals surface area contributed by atoms with Gasteiger partial charge in [-0.3, -0.25) is 0 Å². The van der Waals surface area contributed by atoms with E-state index in [0.29, 0.717) is 0 Å². The minimum Gasteiger partial charge on any atom is -0.309 e. The van der Waals surface area contributed by atoms with E-state index in [0.717, 1.165) is 11.8 Å². The van der Waals surface area contributed by atoms with Gasteiger partial charge in [0.2, 0.25) is 0 Å². The summed E-state index contributed by atoms with van der Waals surface area (Å²) in [5.41, 5.74) is 0. The Morgan fingerprint density at radius 1 is 1.27 bits per heavy atom. The second-order valence-corrected chi connectivity index (χ2v) is 5.40. The van der Waals surface area contributed by atoms with E-state index in [1.807, 2.05) is 0 Å².